The fraction of sp³-hybridized carbons (Fsp3) is 0.375. The summed E-state index contributed by atoms with van der Waals surface area (Å²) >= 11 is 0. The van der Waals surface area contributed by atoms with Crippen molar-refractivity contribution >= 4 is 11.7 Å². The van der Waals surface area contributed by atoms with Crippen LogP contribution in [0, 0.1) is 17.2 Å². The number of hydrogen-bond acceptors (Lipinski definition) is 5. The molecule has 1 aliphatic rings. The number of aromatic nitrogens is 3. The third-order valence-electron chi connectivity index (χ3n) is 6.00. The van der Waals surface area contributed by atoms with Crippen molar-refractivity contribution in [1.29, 1.82) is 5.26 Å². The Hall–Kier alpha value is -3.73. The molecular formula is C24H27N5O3. The normalized spacial score (nSPS) is 14.8. The molecule has 1 aromatic carbocycles. The highest BCUT2D eigenvalue weighted by Crippen LogP contribution is 2.35. The third-order valence-corrected chi connectivity index (χ3v) is 6.00. The molecule has 0 saturated heterocycles. The molecule has 32 heavy (non-hydrogen) atoms. The first-order chi connectivity index (χ1) is 15.6. The lowest BCUT2D eigenvalue weighted by Crippen LogP contribution is -2.27. The largest absolute Gasteiger partial charge is 0.495 e. The first-order valence-corrected chi connectivity index (χ1v) is 10.8. The van der Waals surface area contributed by atoms with Crippen molar-refractivity contribution in [2.75, 3.05) is 12.4 Å². The number of rotatable bonds is 8. The van der Waals surface area contributed by atoms with Crippen LogP contribution < -0.4 is 10.1 Å². The van der Waals surface area contributed by atoms with Crippen LogP contribution in [0.25, 0.3) is 0 Å². The molecule has 0 radical (unpaired) electrons. The first kappa shape index (κ1) is 21.5. The number of ether oxygens (including phenoxy) is 1. The van der Waals surface area contributed by atoms with E-state index in [4.69, 9.17) is 10.00 Å². The average Bonchev–Trinajstić information content (AvgIpc) is 3.54. The van der Waals surface area contributed by atoms with Gasteiger partial charge in [-0.15, -0.1) is 0 Å². The summed E-state index contributed by atoms with van der Waals surface area (Å²) in [6.45, 7) is 0.493. The standard InChI is InChI=1S/C24H27N5O3/c1-32-20-13-23(30)29(16-20)21(12-17-5-2-3-6-17)24(31)26-22-9-10-28(27-22)15-19-8-4-7-18(11-19)14-25/h4,7-11,13,16-17,21,30H,2-3,5-6,12,15H2,1H3,(H,26,27,31)/t21-/m0/s1. The number of carbonyl (C=O) groups is 1. The molecule has 2 aromatic heterocycles. The number of nitriles is 1. The highest BCUT2D eigenvalue weighted by atomic mass is 16.5. The Morgan fingerprint density at radius 3 is 2.88 bits per heavy atom. The van der Waals surface area contributed by atoms with E-state index < -0.39 is 6.04 Å². The number of amides is 1. The minimum absolute atomic E-state index is 0.00269. The lowest BCUT2D eigenvalue weighted by Gasteiger charge is -2.22. The summed E-state index contributed by atoms with van der Waals surface area (Å²) in [4.78, 5) is 13.2. The SMILES string of the molecule is COc1cc(O)n([C@@H](CC2CCCC2)C(=O)Nc2ccn(Cc3cccc(C#N)c3)n2)c1. The van der Waals surface area contributed by atoms with Crippen LogP contribution in [0.3, 0.4) is 0 Å². The molecule has 0 bridgehead atoms. The molecule has 8 nitrogen and oxygen atoms in total. The maximum absolute atomic E-state index is 13.2. The zero-order valence-corrected chi connectivity index (χ0v) is 18.1. The summed E-state index contributed by atoms with van der Waals surface area (Å²) in [7, 11) is 1.53. The molecule has 1 atom stereocenters. The van der Waals surface area contributed by atoms with Crippen molar-refractivity contribution in [3.8, 4) is 17.7 Å². The Morgan fingerprint density at radius 1 is 1.34 bits per heavy atom. The number of nitrogens with zero attached hydrogens (tertiary/aromatic N) is 4. The van der Waals surface area contributed by atoms with E-state index in [0.29, 0.717) is 36.0 Å². The molecular weight excluding hydrogens is 406 g/mol. The van der Waals surface area contributed by atoms with E-state index in [9.17, 15) is 9.90 Å². The van der Waals surface area contributed by atoms with Crippen LogP contribution in [0.5, 0.6) is 11.6 Å². The molecule has 4 rings (SSSR count). The van der Waals surface area contributed by atoms with Crippen LogP contribution >= 0.6 is 0 Å². The fourth-order valence-electron chi connectivity index (χ4n) is 4.36. The number of benzene rings is 1. The Morgan fingerprint density at radius 2 is 2.16 bits per heavy atom. The van der Waals surface area contributed by atoms with Crippen LogP contribution in [0.15, 0.2) is 48.8 Å². The first-order valence-electron chi connectivity index (χ1n) is 10.8. The molecule has 1 amide bonds. The van der Waals surface area contributed by atoms with Gasteiger partial charge in [-0.3, -0.25) is 9.48 Å². The third kappa shape index (κ3) is 4.94. The van der Waals surface area contributed by atoms with Gasteiger partial charge in [0.2, 0.25) is 5.91 Å². The van der Waals surface area contributed by atoms with Crippen LogP contribution in [-0.2, 0) is 11.3 Å². The van der Waals surface area contributed by atoms with Crippen molar-refractivity contribution in [2.45, 2.75) is 44.7 Å². The van der Waals surface area contributed by atoms with Gasteiger partial charge in [-0.1, -0.05) is 37.8 Å². The topological polar surface area (TPSA) is 105 Å². The molecule has 0 aliphatic heterocycles. The van der Waals surface area contributed by atoms with Gasteiger partial charge < -0.3 is 19.7 Å². The fourth-order valence-corrected chi connectivity index (χ4v) is 4.36. The van der Waals surface area contributed by atoms with E-state index in [0.717, 1.165) is 18.4 Å². The van der Waals surface area contributed by atoms with Crippen molar-refractivity contribution in [3.63, 3.8) is 0 Å². The van der Waals surface area contributed by atoms with E-state index >= 15 is 0 Å². The number of aromatic hydroxyl groups is 1. The maximum Gasteiger partial charge on any atom is 0.248 e. The molecule has 166 valence electrons. The van der Waals surface area contributed by atoms with Crippen molar-refractivity contribution in [3.05, 3.63) is 59.9 Å². The smallest absolute Gasteiger partial charge is 0.248 e. The zero-order valence-electron chi connectivity index (χ0n) is 18.1. The lowest BCUT2D eigenvalue weighted by molar-refractivity contribution is -0.119. The van der Waals surface area contributed by atoms with Crippen LogP contribution in [0.1, 0.15) is 49.3 Å². The van der Waals surface area contributed by atoms with Gasteiger partial charge >= 0.3 is 0 Å². The second kappa shape index (κ2) is 9.60. The molecule has 0 spiro atoms. The van der Waals surface area contributed by atoms with Gasteiger partial charge in [-0.25, -0.2) is 0 Å². The van der Waals surface area contributed by atoms with Gasteiger partial charge in [-0.05, 0) is 30.0 Å². The predicted molar refractivity (Wildman–Crippen MR) is 119 cm³/mol. The van der Waals surface area contributed by atoms with E-state index in [1.54, 1.807) is 33.8 Å². The monoisotopic (exact) mass is 433 g/mol. The van der Waals surface area contributed by atoms with Crippen LogP contribution in [-0.4, -0.2) is 32.5 Å². The van der Waals surface area contributed by atoms with E-state index in [2.05, 4.69) is 16.5 Å². The van der Waals surface area contributed by atoms with Gasteiger partial charge in [0.1, 0.15) is 11.8 Å². The Kier molecular flexibility index (Phi) is 6.45. The number of methoxy groups -OCH3 is 1. The molecule has 1 saturated carbocycles. The van der Waals surface area contributed by atoms with Crippen molar-refractivity contribution < 1.29 is 14.6 Å². The minimum atomic E-state index is -0.556. The number of nitrogens with one attached hydrogen (secondary N) is 1. The van der Waals surface area contributed by atoms with E-state index in [1.165, 1.54) is 26.0 Å². The zero-order chi connectivity index (χ0) is 22.5. The lowest BCUT2D eigenvalue weighted by atomic mass is 9.97. The molecule has 1 aliphatic carbocycles. The number of anilines is 1. The van der Waals surface area contributed by atoms with Crippen molar-refractivity contribution in [1.82, 2.24) is 14.3 Å². The molecule has 0 unspecified atom stereocenters. The Balaban J connectivity index is 1.49. The van der Waals surface area contributed by atoms with Gasteiger partial charge in [0.05, 0.1) is 31.5 Å². The summed E-state index contributed by atoms with van der Waals surface area (Å²) in [5, 5.41) is 26.8. The summed E-state index contributed by atoms with van der Waals surface area (Å²) in [6.07, 6.45) is 8.65. The van der Waals surface area contributed by atoms with Crippen LogP contribution in [0.4, 0.5) is 5.82 Å². The maximum atomic E-state index is 13.2. The van der Waals surface area contributed by atoms with Crippen molar-refractivity contribution in [2.24, 2.45) is 5.92 Å². The van der Waals surface area contributed by atoms with Gasteiger partial charge in [0, 0.05) is 18.3 Å². The summed E-state index contributed by atoms with van der Waals surface area (Å²) in [5.74, 6) is 1.19. The highest BCUT2D eigenvalue weighted by Gasteiger charge is 2.29. The Bertz CT molecular complexity index is 1120. The second-order valence-electron chi connectivity index (χ2n) is 8.25. The molecule has 1 fully saturated rings. The number of carbonyl (C=O) groups excluding carboxylic acids is 1. The van der Waals surface area contributed by atoms with Gasteiger partial charge in [0.25, 0.3) is 0 Å². The molecule has 3 aromatic rings. The summed E-state index contributed by atoms with van der Waals surface area (Å²) < 4.78 is 8.52. The van der Waals surface area contributed by atoms with Gasteiger partial charge in [-0.2, -0.15) is 10.4 Å². The second-order valence-corrected chi connectivity index (χ2v) is 8.25. The quantitative estimate of drug-likeness (QED) is 0.557. The number of hydrogen-bond donors (Lipinski definition) is 2. The summed E-state index contributed by atoms with van der Waals surface area (Å²) in [6, 6.07) is 12.2. The molecule has 2 N–H and O–H groups in total. The minimum Gasteiger partial charge on any atom is -0.495 e. The summed E-state index contributed by atoms with van der Waals surface area (Å²) in [5.41, 5.74) is 1.55. The van der Waals surface area contributed by atoms with Gasteiger partial charge in [0.15, 0.2) is 11.7 Å². The van der Waals surface area contributed by atoms with E-state index in [-0.39, 0.29) is 11.8 Å². The average molecular weight is 434 g/mol. The Labute approximate surface area is 187 Å². The van der Waals surface area contributed by atoms with Crippen LogP contribution in [0.2, 0.25) is 0 Å². The molecule has 2 heterocycles. The molecule has 8 heteroatoms. The highest BCUT2D eigenvalue weighted by molar-refractivity contribution is 5.93. The van der Waals surface area contributed by atoms with E-state index in [1.807, 2.05) is 18.2 Å². The predicted octanol–water partition coefficient (Wildman–Crippen LogP) is 4.08.